The predicted octanol–water partition coefficient (Wildman–Crippen LogP) is 3.79. The molecule has 3 rings (SSSR count). The van der Waals surface area contributed by atoms with E-state index >= 15 is 0 Å². The molecule has 0 atom stereocenters. The van der Waals surface area contributed by atoms with Crippen molar-refractivity contribution < 1.29 is 4.79 Å². The number of carbonyl (C=O) groups excluding carboxylic acids is 1. The second-order valence-corrected chi connectivity index (χ2v) is 5.58. The Hall–Kier alpha value is -1.51. The van der Waals surface area contributed by atoms with E-state index in [9.17, 15) is 4.79 Å². The third-order valence-corrected chi connectivity index (χ3v) is 4.21. The van der Waals surface area contributed by atoms with Crippen molar-refractivity contribution in [2.24, 2.45) is 0 Å². The summed E-state index contributed by atoms with van der Waals surface area (Å²) in [5, 5.41) is 3.07. The van der Waals surface area contributed by atoms with E-state index in [1.807, 2.05) is 26.0 Å². The number of hydrogen-bond donors (Lipinski definition) is 2. The maximum Gasteiger partial charge on any atom is 0.235 e. The summed E-state index contributed by atoms with van der Waals surface area (Å²) in [5.74, 6) is 0.550. The van der Waals surface area contributed by atoms with Crippen LogP contribution in [0.5, 0.6) is 0 Å². The van der Waals surface area contributed by atoms with E-state index in [-0.39, 0.29) is 11.3 Å². The van der Waals surface area contributed by atoms with Gasteiger partial charge < -0.3 is 11.1 Å². The highest BCUT2D eigenvalue weighted by molar-refractivity contribution is 6.08. The van der Waals surface area contributed by atoms with E-state index in [0.717, 1.165) is 41.8 Å². The first kappa shape index (κ1) is 13.9. The monoisotopic (exact) mass is 260 g/mol. The SMILES string of the molecule is CC.CC(C)c1cc(N)cc2c1NC(=O)C21CCC1. The molecule has 1 fully saturated rings. The number of carbonyl (C=O) groups is 1. The molecule has 1 heterocycles. The van der Waals surface area contributed by atoms with Crippen LogP contribution in [0.1, 0.15) is 64.0 Å². The lowest BCUT2D eigenvalue weighted by molar-refractivity contribution is -0.123. The first-order chi connectivity index (χ1) is 9.04. The van der Waals surface area contributed by atoms with Gasteiger partial charge in [0, 0.05) is 11.4 Å². The Morgan fingerprint density at radius 2 is 1.89 bits per heavy atom. The van der Waals surface area contributed by atoms with Gasteiger partial charge in [-0.3, -0.25) is 4.79 Å². The van der Waals surface area contributed by atoms with Gasteiger partial charge in [-0.05, 0) is 42.0 Å². The van der Waals surface area contributed by atoms with Crippen LogP contribution in [0.25, 0.3) is 0 Å². The van der Waals surface area contributed by atoms with Gasteiger partial charge in [-0.15, -0.1) is 0 Å². The van der Waals surface area contributed by atoms with Crippen molar-refractivity contribution in [1.29, 1.82) is 0 Å². The fraction of sp³-hybridized carbons (Fsp3) is 0.562. The molecule has 1 aliphatic heterocycles. The number of hydrogen-bond acceptors (Lipinski definition) is 2. The summed E-state index contributed by atoms with van der Waals surface area (Å²) >= 11 is 0. The lowest BCUT2D eigenvalue weighted by Crippen LogP contribution is -2.40. The number of anilines is 2. The minimum atomic E-state index is -0.256. The minimum absolute atomic E-state index is 0.172. The molecule has 1 amide bonds. The van der Waals surface area contributed by atoms with Gasteiger partial charge in [-0.2, -0.15) is 0 Å². The molecule has 2 aliphatic rings. The second-order valence-electron chi connectivity index (χ2n) is 5.58. The van der Waals surface area contributed by atoms with Crippen LogP contribution in [-0.2, 0) is 10.2 Å². The molecule has 0 saturated heterocycles. The van der Waals surface area contributed by atoms with E-state index in [4.69, 9.17) is 5.73 Å². The average Bonchev–Trinajstić information content (AvgIpc) is 2.62. The van der Waals surface area contributed by atoms with Crippen molar-refractivity contribution in [1.82, 2.24) is 0 Å². The van der Waals surface area contributed by atoms with Crippen LogP contribution in [0.4, 0.5) is 11.4 Å². The summed E-state index contributed by atoms with van der Waals surface area (Å²) < 4.78 is 0. The summed E-state index contributed by atoms with van der Waals surface area (Å²) in [5.41, 5.74) is 9.82. The van der Waals surface area contributed by atoms with Gasteiger partial charge in [0.25, 0.3) is 0 Å². The summed E-state index contributed by atoms with van der Waals surface area (Å²) in [7, 11) is 0. The quantitative estimate of drug-likeness (QED) is 0.755. The molecule has 0 radical (unpaired) electrons. The van der Waals surface area contributed by atoms with Crippen molar-refractivity contribution >= 4 is 17.3 Å². The number of nitrogen functional groups attached to an aromatic ring is 1. The van der Waals surface area contributed by atoms with E-state index in [2.05, 4.69) is 19.2 Å². The van der Waals surface area contributed by atoms with Crippen LogP contribution in [0.15, 0.2) is 12.1 Å². The van der Waals surface area contributed by atoms with Crippen molar-refractivity contribution in [3.63, 3.8) is 0 Å². The van der Waals surface area contributed by atoms with E-state index in [1.165, 1.54) is 0 Å². The Kier molecular flexibility index (Phi) is 3.57. The molecule has 0 unspecified atom stereocenters. The lowest BCUT2D eigenvalue weighted by Gasteiger charge is -2.36. The molecule has 104 valence electrons. The topological polar surface area (TPSA) is 55.1 Å². The fourth-order valence-corrected chi connectivity index (χ4v) is 3.04. The zero-order valence-electron chi connectivity index (χ0n) is 12.3. The molecule has 1 spiro atoms. The van der Waals surface area contributed by atoms with Crippen molar-refractivity contribution in [2.45, 2.75) is 58.3 Å². The number of nitrogens with two attached hydrogens (primary N) is 1. The number of amides is 1. The smallest absolute Gasteiger partial charge is 0.235 e. The maximum atomic E-state index is 12.2. The molecule has 19 heavy (non-hydrogen) atoms. The Bertz CT molecular complexity index is 502. The Morgan fingerprint density at radius 3 is 2.37 bits per heavy atom. The van der Waals surface area contributed by atoms with Gasteiger partial charge in [-0.25, -0.2) is 0 Å². The zero-order valence-corrected chi connectivity index (χ0v) is 12.3. The van der Waals surface area contributed by atoms with Crippen LogP contribution in [-0.4, -0.2) is 5.91 Å². The third kappa shape index (κ3) is 1.92. The molecule has 3 heteroatoms. The number of nitrogens with one attached hydrogen (secondary N) is 1. The van der Waals surface area contributed by atoms with Gasteiger partial charge in [0.05, 0.1) is 5.41 Å². The van der Waals surface area contributed by atoms with Crippen molar-refractivity contribution in [2.75, 3.05) is 11.1 Å². The van der Waals surface area contributed by atoms with Gasteiger partial charge in [-0.1, -0.05) is 34.1 Å². The molecule has 0 bridgehead atoms. The van der Waals surface area contributed by atoms with Gasteiger partial charge >= 0.3 is 0 Å². The molecular formula is C16H24N2O. The maximum absolute atomic E-state index is 12.2. The first-order valence-corrected chi connectivity index (χ1v) is 7.30. The standard InChI is InChI=1S/C14H18N2O.C2H6/c1-8(2)10-6-9(15)7-11-12(10)16-13(17)14(11)4-3-5-14;1-2/h6-8H,3-5,15H2,1-2H3,(H,16,17);1-2H3. The number of benzene rings is 1. The van der Waals surface area contributed by atoms with Crippen LogP contribution < -0.4 is 11.1 Å². The highest BCUT2D eigenvalue weighted by atomic mass is 16.2. The average molecular weight is 260 g/mol. The first-order valence-electron chi connectivity index (χ1n) is 7.30. The predicted molar refractivity (Wildman–Crippen MR) is 80.5 cm³/mol. The van der Waals surface area contributed by atoms with Crippen LogP contribution in [0.3, 0.4) is 0 Å². The number of fused-ring (bicyclic) bond motifs is 2. The molecule has 1 aliphatic carbocycles. The van der Waals surface area contributed by atoms with E-state index < -0.39 is 0 Å². The van der Waals surface area contributed by atoms with Crippen molar-refractivity contribution in [3.8, 4) is 0 Å². The van der Waals surface area contributed by atoms with Crippen LogP contribution >= 0.6 is 0 Å². The normalized spacial score (nSPS) is 18.5. The summed E-state index contributed by atoms with van der Waals surface area (Å²) in [6.45, 7) is 8.26. The van der Waals surface area contributed by atoms with Crippen LogP contribution in [0, 0.1) is 0 Å². The number of rotatable bonds is 1. The molecule has 1 aromatic carbocycles. The largest absolute Gasteiger partial charge is 0.399 e. The molecule has 1 aromatic rings. The fourth-order valence-electron chi connectivity index (χ4n) is 3.04. The third-order valence-electron chi connectivity index (χ3n) is 4.21. The Morgan fingerprint density at radius 1 is 1.26 bits per heavy atom. The van der Waals surface area contributed by atoms with E-state index in [1.54, 1.807) is 0 Å². The van der Waals surface area contributed by atoms with Gasteiger partial charge in [0.15, 0.2) is 0 Å². The van der Waals surface area contributed by atoms with E-state index in [0.29, 0.717) is 5.92 Å². The van der Waals surface area contributed by atoms with Gasteiger partial charge in [0.2, 0.25) is 5.91 Å². The molecule has 0 aromatic heterocycles. The Balaban J connectivity index is 0.000000637. The molecular weight excluding hydrogens is 236 g/mol. The molecule has 3 nitrogen and oxygen atoms in total. The zero-order chi connectivity index (χ0) is 14.2. The molecule has 3 N–H and O–H groups in total. The summed E-state index contributed by atoms with van der Waals surface area (Å²) in [6.07, 6.45) is 3.07. The molecule has 1 saturated carbocycles. The second kappa shape index (κ2) is 4.87. The highest BCUT2D eigenvalue weighted by Gasteiger charge is 2.51. The van der Waals surface area contributed by atoms with Crippen LogP contribution in [0.2, 0.25) is 0 Å². The lowest BCUT2D eigenvalue weighted by atomic mass is 9.65. The Labute approximate surface area is 115 Å². The summed E-state index contributed by atoms with van der Waals surface area (Å²) in [6, 6.07) is 3.97. The summed E-state index contributed by atoms with van der Waals surface area (Å²) in [4.78, 5) is 12.2. The van der Waals surface area contributed by atoms with Crippen molar-refractivity contribution in [3.05, 3.63) is 23.3 Å². The van der Waals surface area contributed by atoms with Gasteiger partial charge in [0.1, 0.15) is 0 Å². The minimum Gasteiger partial charge on any atom is -0.399 e. The highest BCUT2D eigenvalue weighted by Crippen LogP contribution is 2.53.